The Balaban J connectivity index is 2.16. The topological polar surface area (TPSA) is 62.0 Å². The maximum atomic E-state index is 4.59. The van der Waals surface area contributed by atoms with E-state index in [1.54, 1.807) is 12.4 Å². The Morgan fingerprint density at radius 1 is 1.31 bits per heavy atom. The van der Waals surface area contributed by atoms with Crippen LogP contribution in [0.4, 0.5) is 5.69 Å². The second-order valence-corrected chi connectivity index (χ2v) is 6.29. The van der Waals surface area contributed by atoms with Crippen molar-refractivity contribution in [2.45, 2.75) is 47.1 Å². The third-order valence-corrected chi connectivity index (χ3v) is 3.71. The largest absolute Gasteiger partial charge is 0.339 e. The standard InChI is InChI=1S/C21H27N5/c1-6-9-23-21(26-19-8-10-22-16(5)11-19)20-12-18(14-25-20)17(7-2)13-24-15(3)4/h6-11,13-15H,12H2,1-5H3,(H,22,23,26)/b9-6-,17-7+,24-13?. The molecule has 0 amide bonds. The molecule has 1 aromatic heterocycles. The van der Waals surface area contributed by atoms with Crippen molar-refractivity contribution in [2.75, 3.05) is 5.32 Å². The van der Waals surface area contributed by atoms with Crippen LogP contribution in [0.25, 0.3) is 0 Å². The molecule has 5 nitrogen and oxygen atoms in total. The van der Waals surface area contributed by atoms with E-state index in [2.05, 4.69) is 45.2 Å². The lowest BCUT2D eigenvalue weighted by Crippen LogP contribution is -2.22. The van der Waals surface area contributed by atoms with Gasteiger partial charge in [0.2, 0.25) is 0 Å². The third kappa shape index (κ3) is 5.62. The van der Waals surface area contributed by atoms with E-state index in [1.807, 2.05) is 51.4 Å². The molecule has 0 fully saturated rings. The summed E-state index contributed by atoms with van der Waals surface area (Å²) in [5.74, 6) is 0.746. The first kappa shape index (κ1) is 19.5. The molecule has 1 N–H and O–H groups in total. The molecule has 0 radical (unpaired) electrons. The van der Waals surface area contributed by atoms with Crippen LogP contribution in [0.3, 0.4) is 0 Å². The molecule has 1 aliphatic rings. The van der Waals surface area contributed by atoms with E-state index in [4.69, 9.17) is 0 Å². The summed E-state index contributed by atoms with van der Waals surface area (Å²) < 4.78 is 0. The molecule has 0 aliphatic carbocycles. The highest BCUT2D eigenvalue weighted by Crippen LogP contribution is 2.21. The van der Waals surface area contributed by atoms with Gasteiger partial charge in [-0.05, 0) is 57.9 Å². The lowest BCUT2D eigenvalue weighted by atomic mass is 10.0. The molecule has 26 heavy (non-hydrogen) atoms. The highest BCUT2D eigenvalue weighted by atomic mass is 15.0. The molecule has 0 bridgehead atoms. The molecule has 2 rings (SSSR count). The number of nitrogens with zero attached hydrogens (tertiary/aromatic N) is 4. The first-order valence-electron chi connectivity index (χ1n) is 8.88. The van der Waals surface area contributed by atoms with Crippen molar-refractivity contribution < 1.29 is 0 Å². The van der Waals surface area contributed by atoms with Gasteiger partial charge < -0.3 is 5.32 Å². The van der Waals surface area contributed by atoms with Crippen molar-refractivity contribution in [3.05, 3.63) is 59.7 Å². The van der Waals surface area contributed by atoms with Crippen LogP contribution in [0.15, 0.2) is 69.0 Å². The van der Waals surface area contributed by atoms with Gasteiger partial charge >= 0.3 is 0 Å². The summed E-state index contributed by atoms with van der Waals surface area (Å²) in [5.41, 5.74) is 5.05. The Hall–Kier alpha value is -2.82. The number of pyridine rings is 1. The van der Waals surface area contributed by atoms with Gasteiger partial charge in [-0.25, -0.2) is 4.99 Å². The van der Waals surface area contributed by atoms with Gasteiger partial charge in [-0.1, -0.05) is 12.2 Å². The lowest BCUT2D eigenvalue weighted by molar-refractivity contribution is 0.841. The maximum absolute atomic E-state index is 4.59. The van der Waals surface area contributed by atoms with E-state index in [1.165, 1.54) is 0 Å². The maximum Gasteiger partial charge on any atom is 0.152 e. The molecule has 1 aromatic rings. The lowest BCUT2D eigenvalue weighted by Gasteiger charge is -2.11. The average Bonchev–Trinajstić information content (AvgIpc) is 3.09. The van der Waals surface area contributed by atoms with Gasteiger partial charge in [-0.15, -0.1) is 0 Å². The van der Waals surface area contributed by atoms with Crippen molar-refractivity contribution in [2.24, 2.45) is 15.0 Å². The normalized spacial score (nSPS) is 15.9. The van der Waals surface area contributed by atoms with E-state index in [0.717, 1.165) is 40.5 Å². The molecule has 0 spiro atoms. The first-order valence-corrected chi connectivity index (χ1v) is 8.88. The molecular weight excluding hydrogens is 322 g/mol. The number of anilines is 1. The van der Waals surface area contributed by atoms with Crippen LogP contribution >= 0.6 is 0 Å². The summed E-state index contributed by atoms with van der Waals surface area (Å²) in [4.78, 5) is 17.8. The number of hydrogen-bond acceptors (Lipinski definition) is 4. The van der Waals surface area contributed by atoms with Crippen LogP contribution in [0.5, 0.6) is 0 Å². The fraction of sp³-hybridized carbons (Fsp3) is 0.333. The van der Waals surface area contributed by atoms with Crippen molar-refractivity contribution >= 4 is 23.4 Å². The molecule has 0 unspecified atom stereocenters. The van der Waals surface area contributed by atoms with E-state index < -0.39 is 0 Å². The van der Waals surface area contributed by atoms with Crippen molar-refractivity contribution in [1.29, 1.82) is 0 Å². The predicted molar refractivity (Wildman–Crippen MR) is 112 cm³/mol. The average molecular weight is 349 g/mol. The zero-order valence-corrected chi connectivity index (χ0v) is 16.2. The van der Waals surface area contributed by atoms with Crippen LogP contribution in [-0.4, -0.2) is 28.8 Å². The molecule has 136 valence electrons. The van der Waals surface area contributed by atoms with Gasteiger partial charge in [0.1, 0.15) is 0 Å². The second-order valence-electron chi connectivity index (χ2n) is 6.29. The molecule has 5 heteroatoms. The first-order chi connectivity index (χ1) is 12.5. The monoisotopic (exact) mass is 349 g/mol. The minimum absolute atomic E-state index is 0.274. The Kier molecular flexibility index (Phi) is 7.21. The van der Waals surface area contributed by atoms with Crippen molar-refractivity contribution in [3.63, 3.8) is 0 Å². The zero-order chi connectivity index (χ0) is 18.9. The van der Waals surface area contributed by atoms with E-state index in [-0.39, 0.29) is 6.04 Å². The Morgan fingerprint density at radius 3 is 2.77 bits per heavy atom. The number of nitrogens with one attached hydrogen (secondary N) is 1. The zero-order valence-electron chi connectivity index (χ0n) is 16.2. The van der Waals surface area contributed by atoms with E-state index in [0.29, 0.717) is 0 Å². The van der Waals surface area contributed by atoms with Crippen LogP contribution < -0.4 is 5.32 Å². The van der Waals surface area contributed by atoms with E-state index >= 15 is 0 Å². The molecule has 0 aromatic carbocycles. The summed E-state index contributed by atoms with van der Waals surface area (Å²) in [6, 6.07) is 4.19. The number of aliphatic imine (C=N–C) groups is 3. The van der Waals surface area contributed by atoms with Gasteiger partial charge in [0.05, 0.1) is 5.71 Å². The Labute approximate surface area is 156 Å². The van der Waals surface area contributed by atoms with Crippen LogP contribution in [0.2, 0.25) is 0 Å². The molecule has 0 atom stereocenters. The van der Waals surface area contributed by atoms with Gasteiger partial charge in [-0.2, -0.15) is 0 Å². The number of hydrogen-bond donors (Lipinski definition) is 1. The molecule has 2 heterocycles. The number of amidine groups is 1. The molecular formula is C21H27N5. The summed E-state index contributed by atoms with van der Waals surface area (Å²) in [6.07, 6.45) is 12.1. The third-order valence-electron chi connectivity index (χ3n) is 3.71. The van der Waals surface area contributed by atoms with E-state index in [9.17, 15) is 0 Å². The van der Waals surface area contributed by atoms with Crippen LogP contribution in [-0.2, 0) is 0 Å². The smallest absolute Gasteiger partial charge is 0.152 e. The SMILES string of the molecule is C/C=C\N=C(Nc1ccnc(C)c1)C1=NC=C(/C(C=NC(C)C)=C/C)C1. The fourth-order valence-corrected chi connectivity index (χ4v) is 2.41. The summed E-state index contributed by atoms with van der Waals surface area (Å²) in [5, 5.41) is 3.37. The number of aryl methyl sites for hydroxylation is 1. The quantitative estimate of drug-likeness (QED) is 0.587. The number of allylic oxidation sites excluding steroid dienone is 4. The Bertz CT molecular complexity index is 807. The fourth-order valence-electron chi connectivity index (χ4n) is 2.41. The van der Waals surface area contributed by atoms with Gasteiger partial charge in [-0.3, -0.25) is 15.0 Å². The molecule has 0 saturated carbocycles. The van der Waals surface area contributed by atoms with Crippen LogP contribution in [0, 0.1) is 6.92 Å². The minimum atomic E-state index is 0.274. The predicted octanol–water partition coefficient (Wildman–Crippen LogP) is 4.89. The van der Waals surface area contributed by atoms with Crippen molar-refractivity contribution in [1.82, 2.24) is 4.98 Å². The summed E-state index contributed by atoms with van der Waals surface area (Å²) in [7, 11) is 0. The highest BCUT2D eigenvalue weighted by Gasteiger charge is 2.18. The minimum Gasteiger partial charge on any atom is -0.339 e. The van der Waals surface area contributed by atoms with Crippen LogP contribution in [0.1, 0.15) is 39.8 Å². The summed E-state index contributed by atoms with van der Waals surface area (Å²) >= 11 is 0. The number of rotatable bonds is 6. The van der Waals surface area contributed by atoms with Crippen molar-refractivity contribution in [3.8, 4) is 0 Å². The summed E-state index contributed by atoms with van der Waals surface area (Å²) in [6.45, 7) is 10.1. The Morgan fingerprint density at radius 2 is 2.12 bits per heavy atom. The van der Waals surface area contributed by atoms with Gasteiger partial charge in [0.15, 0.2) is 5.84 Å². The number of aromatic nitrogens is 1. The van der Waals surface area contributed by atoms with Gasteiger partial charge in [0.25, 0.3) is 0 Å². The second kappa shape index (κ2) is 9.61. The van der Waals surface area contributed by atoms with Gasteiger partial charge in [0, 0.05) is 48.7 Å². The molecule has 1 aliphatic heterocycles. The molecule has 0 saturated heterocycles. The highest BCUT2D eigenvalue weighted by molar-refractivity contribution is 6.46.